The van der Waals surface area contributed by atoms with Gasteiger partial charge in [-0.3, -0.25) is 0 Å². The van der Waals surface area contributed by atoms with Gasteiger partial charge in [0.15, 0.2) is 0 Å². The van der Waals surface area contributed by atoms with E-state index < -0.39 is 0 Å². The number of halogens is 1. The topological polar surface area (TPSA) is 43.3 Å². The molecule has 0 bridgehead atoms. The average molecular weight is 288 g/mol. The first-order chi connectivity index (χ1) is 8.24. The summed E-state index contributed by atoms with van der Waals surface area (Å²) in [6.45, 7) is 0. The fraction of sp³-hybridized carbons (Fsp3) is 0. The molecule has 0 aliphatic heterocycles. The van der Waals surface area contributed by atoms with Crippen LogP contribution in [0.1, 0.15) is 0 Å². The van der Waals surface area contributed by atoms with E-state index in [1.54, 1.807) is 0 Å². The monoisotopic (exact) mass is 287 g/mol. The molecule has 2 heterocycles. The molecule has 2 aromatic heterocycles. The SMILES string of the molecule is Nc1ccn2cc(-c3ccccc3Br)nc2c1. The fourth-order valence-electron chi connectivity index (χ4n) is 1.80. The van der Waals surface area contributed by atoms with Crippen molar-refractivity contribution in [3.8, 4) is 11.3 Å². The zero-order chi connectivity index (χ0) is 11.8. The number of nitrogen functional groups attached to an aromatic ring is 1. The molecule has 0 saturated heterocycles. The molecule has 1 aromatic carbocycles. The number of aromatic nitrogens is 2. The van der Waals surface area contributed by atoms with Gasteiger partial charge >= 0.3 is 0 Å². The van der Waals surface area contributed by atoms with Gasteiger partial charge in [0.1, 0.15) is 5.65 Å². The van der Waals surface area contributed by atoms with Crippen LogP contribution < -0.4 is 5.73 Å². The Kier molecular flexibility index (Phi) is 2.37. The number of benzene rings is 1. The molecule has 0 unspecified atom stereocenters. The minimum Gasteiger partial charge on any atom is -0.399 e. The van der Waals surface area contributed by atoms with Crippen LogP contribution in [-0.4, -0.2) is 9.38 Å². The highest BCUT2D eigenvalue weighted by atomic mass is 79.9. The third-order valence-corrected chi connectivity index (χ3v) is 3.33. The summed E-state index contributed by atoms with van der Waals surface area (Å²) in [6, 6.07) is 11.8. The summed E-state index contributed by atoms with van der Waals surface area (Å²) in [5.41, 5.74) is 9.33. The summed E-state index contributed by atoms with van der Waals surface area (Å²) in [7, 11) is 0. The number of nitrogens with zero attached hydrogens (tertiary/aromatic N) is 2. The first-order valence-electron chi connectivity index (χ1n) is 5.23. The lowest BCUT2D eigenvalue weighted by Gasteiger charge is -1.98. The zero-order valence-electron chi connectivity index (χ0n) is 8.97. The molecule has 0 spiro atoms. The van der Waals surface area contributed by atoms with Crippen LogP contribution in [0.5, 0.6) is 0 Å². The second-order valence-electron chi connectivity index (χ2n) is 3.83. The first-order valence-corrected chi connectivity index (χ1v) is 6.02. The predicted octanol–water partition coefficient (Wildman–Crippen LogP) is 3.35. The number of hydrogen-bond donors (Lipinski definition) is 1. The number of hydrogen-bond acceptors (Lipinski definition) is 2. The van der Waals surface area contributed by atoms with Crippen molar-refractivity contribution in [2.45, 2.75) is 0 Å². The van der Waals surface area contributed by atoms with Gasteiger partial charge in [0.2, 0.25) is 0 Å². The Balaban J connectivity index is 2.22. The maximum absolute atomic E-state index is 5.74. The second kappa shape index (κ2) is 3.89. The molecule has 84 valence electrons. The normalized spacial score (nSPS) is 10.9. The minimum absolute atomic E-state index is 0.724. The van der Waals surface area contributed by atoms with Crippen molar-refractivity contribution >= 4 is 27.3 Å². The fourth-order valence-corrected chi connectivity index (χ4v) is 2.28. The maximum Gasteiger partial charge on any atom is 0.139 e. The molecule has 0 atom stereocenters. The number of anilines is 1. The Morgan fingerprint density at radius 2 is 2.00 bits per heavy atom. The van der Waals surface area contributed by atoms with E-state index >= 15 is 0 Å². The highest BCUT2D eigenvalue weighted by molar-refractivity contribution is 9.10. The summed E-state index contributed by atoms with van der Waals surface area (Å²) < 4.78 is 3.00. The van der Waals surface area contributed by atoms with Gasteiger partial charge in [0, 0.05) is 34.2 Å². The molecular formula is C13H10BrN3. The summed E-state index contributed by atoms with van der Waals surface area (Å²) in [4.78, 5) is 4.56. The van der Waals surface area contributed by atoms with Crippen LogP contribution in [0.4, 0.5) is 5.69 Å². The Morgan fingerprint density at radius 1 is 1.18 bits per heavy atom. The van der Waals surface area contributed by atoms with Crippen molar-refractivity contribution < 1.29 is 0 Å². The third-order valence-electron chi connectivity index (χ3n) is 2.63. The molecule has 17 heavy (non-hydrogen) atoms. The number of rotatable bonds is 1. The van der Waals surface area contributed by atoms with E-state index in [0.29, 0.717) is 0 Å². The molecule has 0 fully saturated rings. The van der Waals surface area contributed by atoms with Gasteiger partial charge in [0.25, 0.3) is 0 Å². The van der Waals surface area contributed by atoms with Gasteiger partial charge in [0.05, 0.1) is 5.69 Å². The van der Waals surface area contributed by atoms with Gasteiger partial charge in [-0.25, -0.2) is 4.98 Å². The predicted molar refractivity (Wildman–Crippen MR) is 72.7 cm³/mol. The van der Waals surface area contributed by atoms with Gasteiger partial charge in [-0.15, -0.1) is 0 Å². The van der Waals surface area contributed by atoms with Crippen LogP contribution in [0, 0.1) is 0 Å². The zero-order valence-corrected chi connectivity index (χ0v) is 10.6. The molecule has 3 nitrogen and oxygen atoms in total. The number of fused-ring (bicyclic) bond motifs is 1. The highest BCUT2D eigenvalue weighted by Crippen LogP contribution is 2.27. The summed E-state index contributed by atoms with van der Waals surface area (Å²) in [6.07, 6.45) is 3.91. The molecule has 0 amide bonds. The lowest BCUT2D eigenvalue weighted by atomic mass is 10.2. The standard InChI is InChI=1S/C13H10BrN3/c14-11-4-2-1-3-10(11)12-8-17-6-5-9(15)7-13(17)16-12/h1-8H,15H2. The van der Waals surface area contributed by atoms with Gasteiger partial charge in [-0.1, -0.05) is 34.1 Å². The van der Waals surface area contributed by atoms with Crippen molar-refractivity contribution in [1.82, 2.24) is 9.38 Å². The van der Waals surface area contributed by atoms with Crippen LogP contribution in [0.25, 0.3) is 16.9 Å². The summed E-state index contributed by atoms with van der Waals surface area (Å²) >= 11 is 3.53. The van der Waals surface area contributed by atoms with Crippen LogP contribution in [0.2, 0.25) is 0 Å². The molecule has 0 radical (unpaired) electrons. The second-order valence-corrected chi connectivity index (χ2v) is 4.69. The number of nitrogens with two attached hydrogens (primary N) is 1. The van der Waals surface area contributed by atoms with E-state index in [9.17, 15) is 0 Å². The van der Waals surface area contributed by atoms with Crippen LogP contribution in [0.3, 0.4) is 0 Å². The van der Waals surface area contributed by atoms with Crippen molar-refractivity contribution in [2.24, 2.45) is 0 Å². The third kappa shape index (κ3) is 1.80. The molecule has 2 N–H and O–H groups in total. The average Bonchev–Trinajstić information content (AvgIpc) is 2.72. The van der Waals surface area contributed by atoms with Gasteiger partial charge in [-0.2, -0.15) is 0 Å². The molecular weight excluding hydrogens is 278 g/mol. The van der Waals surface area contributed by atoms with Gasteiger partial charge in [-0.05, 0) is 12.1 Å². The molecule has 3 aromatic rings. The number of pyridine rings is 1. The lowest BCUT2D eigenvalue weighted by molar-refractivity contribution is 1.19. The highest BCUT2D eigenvalue weighted by Gasteiger charge is 2.07. The summed E-state index contributed by atoms with van der Waals surface area (Å²) in [5.74, 6) is 0. The van der Waals surface area contributed by atoms with E-state index in [1.807, 2.05) is 53.2 Å². The van der Waals surface area contributed by atoms with Crippen LogP contribution in [0.15, 0.2) is 53.3 Å². The quantitative estimate of drug-likeness (QED) is 0.746. The first kappa shape index (κ1) is 10.4. The molecule has 0 aliphatic carbocycles. The van der Waals surface area contributed by atoms with Crippen molar-refractivity contribution in [2.75, 3.05) is 5.73 Å². The van der Waals surface area contributed by atoms with E-state index in [2.05, 4.69) is 20.9 Å². The molecule has 0 aliphatic rings. The Bertz CT molecular complexity index is 688. The number of imidazole rings is 1. The Morgan fingerprint density at radius 3 is 2.82 bits per heavy atom. The molecule has 3 rings (SSSR count). The van der Waals surface area contributed by atoms with E-state index in [0.717, 1.165) is 27.1 Å². The lowest BCUT2D eigenvalue weighted by Crippen LogP contribution is -1.87. The van der Waals surface area contributed by atoms with Crippen LogP contribution in [-0.2, 0) is 0 Å². The smallest absolute Gasteiger partial charge is 0.139 e. The van der Waals surface area contributed by atoms with Crippen molar-refractivity contribution in [3.63, 3.8) is 0 Å². The van der Waals surface area contributed by atoms with Crippen LogP contribution >= 0.6 is 15.9 Å². The Hall–Kier alpha value is -1.81. The molecule has 4 heteroatoms. The largest absolute Gasteiger partial charge is 0.399 e. The van der Waals surface area contributed by atoms with Crippen molar-refractivity contribution in [3.05, 3.63) is 53.3 Å². The van der Waals surface area contributed by atoms with Crippen molar-refractivity contribution in [1.29, 1.82) is 0 Å². The van der Waals surface area contributed by atoms with E-state index in [4.69, 9.17) is 5.73 Å². The summed E-state index contributed by atoms with van der Waals surface area (Å²) in [5, 5.41) is 0. The Labute approximate surface area is 107 Å². The molecule has 0 saturated carbocycles. The minimum atomic E-state index is 0.724. The van der Waals surface area contributed by atoms with E-state index in [1.165, 1.54) is 0 Å². The van der Waals surface area contributed by atoms with Gasteiger partial charge < -0.3 is 10.1 Å². The van der Waals surface area contributed by atoms with E-state index in [-0.39, 0.29) is 0 Å². The maximum atomic E-state index is 5.74.